The number of amides is 1. The highest BCUT2D eigenvalue weighted by Crippen LogP contribution is 2.32. The number of nitrogens with zero attached hydrogens (tertiary/aromatic N) is 7. The fourth-order valence-electron chi connectivity index (χ4n) is 4.65. The highest BCUT2D eigenvalue weighted by atomic mass is 16.5. The number of hydrogen-bond acceptors (Lipinski definition) is 8. The van der Waals surface area contributed by atoms with Gasteiger partial charge in [0.15, 0.2) is 5.82 Å². The van der Waals surface area contributed by atoms with Gasteiger partial charge < -0.3 is 19.5 Å². The number of aromatic nitrogens is 5. The maximum absolute atomic E-state index is 13.0. The minimum atomic E-state index is -2.30. The Morgan fingerprint density at radius 1 is 1.10 bits per heavy atom. The topological polar surface area (TPSA) is 101 Å². The summed E-state index contributed by atoms with van der Waals surface area (Å²) in [6.07, 6.45) is 5.44. The SMILES string of the molecule is [2H]C([2H])([2H])n1cnc2cc(Oc3ccc(Nc4ncnc5ccc(N6CC/C(=C\CN(C)C)C6=O)nc45)cc3C)ccc21. The summed E-state index contributed by atoms with van der Waals surface area (Å²) in [4.78, 5) is 34.6. The summed E-state index contributed by atoms with van der Waals surface area (Å²) in [7, 11) is 3.94. The van der Waals surface area contributed by atoms with Crippen LogP contribution in [0.2, 0.25) is 0 Å². The summed E-state index contributed by atoms with van der Waals surface area (Å²) < 4.78 is 30.2. The molecule has 0 aliphatic carbocycles. The van der Waals surface area contributed by atoms with Crippen molar-refractivity contribution >= 4 is 45.3 Å². The molecule has 1 N–H and O–H groups in total. The lowest BCUT2D eigenvalue weighted by atomic mass is 10.2. The largest absolute Gasteiger partial charge is 0.457 e. The molecule has 1 amide bonds. The van der Waals surface area contributed by atoms with Crippen LogP contribution >= 0.6 is 0 Å². The zero-order chi connectivity index (χ0) is 30.3. The summed E-state index contributed by atoms with van der Waals surface area (Å²) in [6, 6.07) is 14.4. The minimum Gasteiger partial charge on any atom is -0.457 e. The van der Waals surface area contributed by atoms with E-state index in [-0.39, 0.29) is 5.91 Å². The van der Waals surface area contributed by atoms with Crippen LogP contribution in [0.25, 0.3) is 22.1 Å². The normalized spacial score (nSPS) is 16.1. The monoisotopic (exact) mass is 537 g/mol. The number of carbonyl (C=O) groups excluding carboxylic acids is 1. The van der Waals surface area contributed by atoms with E-state index in [4.69, 9.17) is 13.8 Å². The van der Waals surface area contributed by atoms with E-state index in [0.29, 0.717) is 64.7 Å². The molecule has 202 valence electrons. The Bertz CT molecular complexity index is 1880. The zero-order valence-corrected chi connectivity index (χ0v) is 22.4. The van der Waals surface area contributed by atoms with Crippen molar-refractivity contribution in [3.05, 3.63) is 78.4 Å². The predicted octanol–water partition coefficient (Wildman–Crippen LogP) is 4.98. The van der Waals surface area contributed by atoms with Gasteiger partial charge in [0.05, 0.1) is 22.9 Å². The third-order valence-corrected chi connectivity index (χ3v) is 6.76. The van der Waals surface area contributed by atoms with Gasteiger partial charge in [-0.25, -0.2) is 19.9 Å². The lowest BCUT2D eigenvalue weighted by Crippen LogP contribution is -2.25. The molecule has 1 aliphatic rings. The second-order valence-corrected chi connectivity index (χ2v) is 9.93. The molecule has 1 aliphatic heterocycles. The Hall–Kier alpha value is -4.83. The Labute approximate surface area is 236 Å². The smallest absolute Gasteiger partial charge is 0.255 e. The van der Waals surface area contributed by atoms with Crippen LogP contribution in [0.3, 0.4) is 0 Å². The molecule has 6 rings (SSSR count). The Morgan fingerprint density at radius 3 is 2.83 bits per heavy atom. The van der Waals surface area contributed by atoms with Crippen molar-refractivity contribution in [2.75, 3.05) is 37.4 Å². The van der Waals surface area contributed by atoms with Gasteiger partial charge in [-0.2, -0.15) is 0 Å². The number of pyridine rings is 1. The first kappa shape index (κ1) is 22.0. The molecule has 0 unspecified atom stereocenters. The van der Waals surface area contributed by atoms with Crippen LogP contribution in [-0.2, 0) is 11.8 Å². The van der Waals surface area contributed by atoms with E-state index in [0.717, 1.165) is 21.4 Å². The van der Waals surface area contributed by atoms with Gasteiger partial charge in [-0.1, -0.05) is 6.08 Å². The molecule has 0 atom stereocenters. The van der Waals surface area contributed by atoms with Gasteiger partial charge in [-0.15, -0.1) is 0 Å². The maximum Gasteiger partial charge on any atom is 0.255 e. The molecular weight excluding hydrogens is 504 g/mol. The third-order valence-electron chi connectivity index (χ3n) is 6.76. The van der Waals surface area contributed by atoms with Crippen LogP contribution in [0.5, 0.6) is 11.5 Å². The molecule has 2 aromatic carbocycles. The average Bonchev–Trinajstić information content (AvgIpc) is 3.56. The van der Waals surface area contributed by atoms with Crippen molar-refractivity contribution in [2.45, 2.75) is 13.3 Å². The summed E-state index contributed by atoms with van der Waals surface area (Å²) in [6.45, 7) is 0.901. The lowest BCUT2D eigenvalue weighted by molar-refractivity contribution is -0.114. The minimum absolute atomic E-state index is 0.0314. The molecule has 4 heterocycles. The first-order valence-electron chi connectivity index (χ1n) is 14.4. The Balaban J connectivity index is 1.22. The van der Waals surface area contributed by atoms with Crippen molar-refractivity contribution in [3.63, 3.8) is 0 Å². The van der Waals surface area contributed by atoms with Crippen LogP contribution in [0.4, 0.5) is 17.3 Å². The molecule has 1 saturated heterocycles. The van der Waals surface area contributed by atoms with E-state index >= 15 is 0 Å². The number of rotatable bonds is 7. The fraction of sp³-hybridized carbons (Fsp3) is 0.233. The molecular formula is C30H30N8O2. The van der Waals surface area contributed by atoms with Crippen LogP contribution in [0.15, 0.2) is 72.8 Å². The van der Waals surface area contributed by atoms with Crippen molar-refractivity contribution in [1.82, 2.24) is 29.4 Å². The number of aryl methyl sites for hydroxylation is 2. The molecule has 10 nitrogen and oxygen atoms in total. The number of anilines is 3. The standard InChI is InChI=1S/C30H30N8O2/c1-19-15-21(5-9-26(19)40-22-6-8-25-24(16-22)33-18-37(25)4)34-29-28-23(31-17-32-29)7-10-27(35-28)38-14-12-20(30(38)39)11-13-36(2)3/h5-11,15-18H,12-14H2,1-4H3,(H,31,32,34)/b20-11+/i4D3. The van der Waals surface area contributed by atoms with Gasteiger partial charge in [0, 0.05) is 41.5 Å². The number of fused-ring (bicyclic) bond motifs is 2. The highest BCUT2D eigenvalue weighted by Gasteiger charge is 2.28. The Morgan fingerprint density at radius 2 is 2.00 bits per heavy atom. The van der Waals surface area contributed by atoms with Crippen molar-refractivity contribution < 1.29 is 13.6 Å². The van der Waals surface area contributed by atoms with Crippen LogP contribution < -0.4 is 15.0 Å². The number of carbonyl (C=O) groups is 1. The molecule has 0 spiro atoms. The summed E-state index contributed by atoms with van der Waals surface area (Å²) in [5, 5.41) is 3.33. The van der Waals surface area contributed by atoms with E-state index < -0.39 is 6.98 Å². The average molecular weight is 538 g/mol. The molecule has 10 heteroatoms. The fourth-order valence-corrected chi connectivity index (χ4v) is 4.65. The van der Waals surface area contributed by atoms with E-state index in [1.165, 1.54) is 12.7 Å². The molecule has 0 radical (unpaired) electrons. The molecule has 40 heavy (non-hydrogen) atoms. The molecule has 0 saturated carbocycles. The molecule has 0 bridgehead atoms. The van der Waals surface area contributed by atoms with Gasteiger partial charge in [0.2, 0.25) is 0 Å². The number of imidazole rings is 1. The van der Waals surface area contributed by atoms with Crippen molar-refractivity contribution in [1.29, 1.82) is 0 Å². The molecule has 3 aromatic heterocycles. The molecule has 1 fully saturated rings. The summed E-state index contributed by atoms with van der Waals surface area (Å²) in [5.74, 6) is 2.23. The number of benzene rings is 2. The summed E-state index contributed by atoms with van der Waals surface area (Å²) in [5.41, 5.74) is 4.68. The lowest BCUT2D eigenvalue weighted by Gasteiger charge is -2.16. The second-order valence-electron chi connectivity index (χ2n) is 9.93. The highest BCUT2D eigenvalue weighted by molar-refractivity contribution is 6.08. The van der Waals surface area contributed by atoms with E-state index in [2.05, 4.69) is 20.3 Å². The maximum atomic E-state index is 13.0. The van der Waals surface area contributed by atoms with E-state index in [1.54, 1.807) is 23.1 Å². The second kappa shape index (κ2) is 10.4. The van der Waals surface area contributed by atoms with E-state index in [9.17, 15) is 4.79 Å². The van der Waals surface area contributed by atoms with Crippen LogP contribution in [0.1, 0.15) is 16.1 Å². The summed E-state index contributed by atoms with van der Waals surface area (Å²) >= 11 is 0. The van der Waals surface area contributed by atoms with Gasteiger partial charge in [0.1, 0.15) is 29.2 Å². The number of ether oxygens (including phenoxy) is 1. The van der Waals surface area contributed by atoms with Crippen LogP contribution in [0, 0.1) is 6.92 Å². The van der Waals surface area contributed by atoms with Crippen LogP contribution in [-0.4, -0.2) is 62.5 Å². The zero-order valence-electron chi connectivity index (χ0n) is 25.4. The van der Waals surface area contributed by atoms with Crippen molar-refractivity contribution in [2.24, 2.45) is 6.98 Å². The number of hydrogen-bond donors (Lipinski definition) is 1. The predicted molar refractivity (Wildman–Crippen MR) is 156 cm³/mol. The third kappa shape index (κ3) is 4.96. The Kier molecular flexibility index (Phi) is 5.72. The molecule has 5 aromatic rings. The van der Waals surface area contributed by atoms with Gasteiger partial charge in [-0.05, 0) is 75.5 Å². The quantitative estimate of drug-likeness (QED) is 0.290. The van der Waals surface area contributed by atoms with Gasteiger partial charge in [0.25, 0.3) is 5.91 Å². The first-order chi connectivity index (χ1) is 20.6. The van der Waals surface area contributed by atoms with E-state index in [1.807, 2.05) is 62.3 Å². The first-order valence-corrected chi connectivity index (χ1v) is 12.9. The van der Waals surface area contributed by atoms with Gasteiger partial charge >= 0.3 is 0 Å². The van der Waals surface area contributed by atoms with Crippen molar-refractivity contribution in [3.8, 4) is 11.5 Å². The number of likely N-dealkylation sites (N-methyl/N-ethyl adjacent to an activating group) is 1. The van der Waals surface area contributed by atoms with Gasteiger partial charge in [-0.3, -0.25) is 9.69 Å². The number of nitrogens with one attached hydrogen (secondary N) is 1.